The van der Waals surface area contributed by atoms with Gasteiger partial charge in [-0.05, 0) is 19.4 Å². The Morgan fingerprint density at radius 3 is 2.82 bits per heavy atom. The van der Waals surface area contributed by atoms with Crippen LogP contribution in [0.1, 0.15) is 33.5 Å². The third-order valence-corrected chi connectivity index (χ3v) is 2.76. The number of rotatable bonds is 3. The SMILES string of the molecule is CCCc1cc(C=O)c(C)s1. The maximum atomic E-state index is 10.5. The van der Waals surface area contributed by atoms with Crippen molar-refractivity contribution in [3.05, 3.63) is 21.4 Å². The lowest BCUT2D eigenvalue weighted by atomic mass is 10.2. The molecular weight excluding hydrogens is 156 g/mol. The quantitative estimate of drug-likeness (QED) is 0.634. The molecule has 1 nitrogen and oxygen atoms in total. The molecule has 1 aromatic rings. The zero-order valence-corrected chi connectivity index (χ0v) is 7.70. The molecule has 11 heavy (non-hydrogen) atoms. The topological polar surface area (TPSA) is 17.1 Å². The molecule has 0 aliphatic heterocycles. The van der Waals surface area contributed by atoms with Crippen LogP contribution in [0.25, 0.3) is 0 Å². The Labute approximate surface area is 71.1 Å². The van der Waals surface area contributed by atoms with Crippen LogP contribution in [0.4, 0.5) is 0 Å². The van der Waals surface area contributed by atoms with Crippen LogP contribution in [0.2, 0.25) is 0 Å². The van der Waals surface area contributed by atoms with Crippen molar-refractivity contribution in [1.29, 1.82) is 0 Å². The van der Waals surface area contributed by atoms with E-state index in [1.54, 1.807) is 11.3 Å². The molecule has 0 atom stereocenters. The van der Waals surface area contributed by atoms with Crippen molar-refractivity contribution in [2.45, 2.75) is 26.7 Å². The molecule has 0 saturated carbocycles. The van der Waals surface area contributed by atoms with E-state index < -0.39 is 0 Å². The van der Waals surface area contributed by atoms with Crippen LogP contribution in [0.3, 0.4) is 0 Å². The monoisotopic (exact) mass is 168 g/mol. The molecule has 60 valence electrons. The van der Waals surface area contributed by atoms with Gasteiger partial charge >= 0.3 is 0 Å². The Kier molecular flexibility index (Phi) is 2.83. The Hall–Kier alpha value is -0.630. The van der Waals surface area contributed by atoms with E-state index in [1.165, 1.54) is 4.88 Å². The predicted octanol–water partition coefficient (Wildman–Crippen LogP) is 2.82. The van der Waals surface area contributed by atoms with Gasteiger partial charge in [-0.1, -0.05) is 13.3 Å². The van der Waals surface area contributed by atoms with Gasteiger partial charge in [0, 0.05) is 15.3 Å². The standard InChI is InChI=1S/C9H12OS/c1-3-4-9-5-8(6-10)7(2)11-9/h5-6H,3-4H2,1-2H3. The number of aldehydes is 1. The summed E-state index contributed by atoms with van der Waals surface area (Å²) in [6.45, 7) is 4.14. The zero-order valence-electron chi connectivity index (χ0n) is 6.89. The highest BCUT2D eigenvalue weighted by molar-refractivity contribution is 7.12. The first-order valence-corrected chi connectivity index (χ1v) is 4.64. The molecule has 1 aromatic heterocycles. The first-order valence-electron chi connectivity index (χ1n) is 3.82. The van der Waals surface area contributed by atoms with Crippen molar-refractivity contribution in [3.63, 3.8) is 0 Å². The molecule has 0 radical (unpaired) electrons. The fourth-order valence-electron chi connectivity index (χ4n) is 1.05. The average Bonchev–Trinajstić information content (AvgIpc) is 2.32. The summed E-state index contributed by atoms with van der Waals surface area (Å²) < 4.78 is 0. The molecule has 0 aliphatic carbocycles. The predicted molar refractivity (Wildman–Crippen MR) is 48.4 cm³/mol. The second-order valence-electron chi connectivity index (χ2n) is 2.59. The third kappa shape index (κ3) is 1.90. The van der Waals surface area contributed by atoms with Crippen LogP contribution >= 0.6 is 11.3 Å². The van der Waals surface area contributed by atoms with E-state index in [2.05, 4.69) is 6.92 Å². The summed E-state index contributed by atoms with van der Waals surface area (Å²) in [5.74, 6) is 0. The Morgan fingerprint density at radius 2 is 2.36 bits per heavy atom. The van der Waals surface area contributed by atoms with Gasteiger partial charge in [-0.2, -0.15) is 0 Å². The summed E-state index contributed by atoms with van der Waals surface area (Å²) >= 11 is 1.73. The second-order valence-corrected chi connectivity index (χ2v) is 3.93. The van der Waals surface area contributed by atoms with Crippen LogP contribution in [-0.2, 0) is 6.42 Å². The van der Waals surface area contributed by atoms with Crippen LogP contribution in [0.5, 0.6) is 0 Å². The van der Waals surface area contributed by atoms with Crippen molar-refractivity contribution in [1.82, 2.24) is 0 Å². The highest BCUT2D eigenvalue weighted by Crippen LogP contribution is 2.20. The van der Waals surface area contributed by atoms with E-state index in [-0.39, 0.29) is 0 Å². The molecule has 0 spiro atoms. The van der Waals surface area contributed by atoms with Crippen molar-refractivity contribution in [2.75, 3.05) is 0 Å². The number of carbonyl (C=O) groups excluding carboxylic acids is 1. The summed E-state index contributed by atoms with van der Waals surface area (Å²) in [4.78, 5) is 12.9. The van der Waals surface area contributed by atoms with E-state index in [0.29, 0.717) is 0 Å². The van der Waals surface area contributed by atoms with Crippen molar-refractivity contribution in [3.8, 4) is 0 Å². The number of hydrogen-bond donors (Lipinski definition) is 0. The van der Waals surface area contributed by atoms with Crippen LogP contribution in [0, 0.1) is 6.92 Å². The lowest BCUT2D eigenvalue weighted by Gasteiger charge is -1.86. The molecule has 2 heteroatoms. The molecule has 0 unspecified atom stereocenters. The molecule has 0 N–H and O–H groups in total. The Balaban J connectivity index is 2.86. The van der Waals surface area contributed by atoms with E-state index in [9.17, 15) is 4.79 Å². The van der Waals surface area contributed by atoms with Gasteiger partial charge < -0.3 is 0 Å². The number of aryl methyl sites for hydroxylation is 2. The van der Waals surface area contributed by atoms with Crippen LogP contribution < -0.4 is 0 Å². The van der Waals surface area contributed by atoms with Gasteiger partial charge in [-0.15, -0.1) is 11.3 Å². The minimum atomic E-state index is 0.860. The summed E-state index contributed by atoms with van der Waals surface area (Å²) in [6, 6.07) is 2.00. The summed E-state index contributed by atoms with van der Waals surface area (Å²) in [5, 5.41) is 0. The zero-order chi connectivity index (χ0) is 8.27. The molecule has 0 amide bonds. The first-order chi connectivity index (χ1) is 5.27. The van der Waals surface area contributed by atoms with Crippen molar-refractivity contribution >= 4 is 17.6 Å². The van der Waals surface area contributed by atoms with Gasteiger partial charge in [-0.25, -0.2) is 0 Å². The molecule has 0 fully saturated rings. The molecule has 1 heterocycles. The summed E-state index contributed by atoms with van der Waals surface area (Å²) in [5.41, 5.74) is 0.860. The van der Waals surface area contributed by atoms with Gasteiger partial charge in [0.15, 0.2) is 6.29 Å². The highest BCUT2D eigenvalue weighted by atomic mass is 32.1. The minimum absolute atomic E-state index is 0.860. The number of carbonyl (C=O) groups is 1. The average molecular weight is 168 g/mol. The highest BCUT2D eigenvalue weighted by Gasteiger charge is 2.02. The maximum Gasteiger partial charge on any atom is 0.151 e. The molecule has 0 bridgehead atoms. The van der Waals surface area contributed by atoms with Crippen molar-refractivity contribution < 1.29 is 4.79 Å². The molecule has 1 rings (SSSR count). The third-order valence-electron chi connectivity index (χ3n) is 1.63. The van der Waals surface area contributed by atoms with Gasteiger partial charge in [0.2, 0.25) is 0 Å². The smallest absolute Gasteiger partial charge is 0.151 e. The second kappa shape index (κ2) is 3.67. The van der Waals surface area contributed by atoms with Crippen LogP contribution in [-0.4, -0.2) is 6.29 Å². The lowest BCUT2D eigenvalue weighted by molar-refractivity contribution is 0.112. The number of hydrogen-bond acceptors (Lipinski definition) is 2. The minimum Gasteiger partial charge on any atom is -0.298 e. The molecule has 0 saturated heterocycles. The van der Waals surface area contributed by atoms with Crippen molar-refractivity contribution in [2.24, 2.45) is 0 Å². The fourth-order valence-corrected chi connectivity index (χ4v) is 2.16. The van der Waals surface area contributed by atoms with E-state index >= 15 is 0 Å². The van der Waals surface area contributed by atoms with E-state index in [0.717, 1.165) is 29.6 Å². The van der Waals surface area contributed by atoms with Gasteiger partial charge in [0.25, 0.3) is 0 Å². The molecular formula is C9H12OS. The molecule has 0 aromatic carbocycles. The normalized spacial score (nSPS) is 10.0. The maximum absolute atomic E-state index is 10.5. The van der Waals surface area contributed by atoms with Gasteiger partial charge in [0.1, 0.15) is 0 Å². The number of thiophene rings is 1. The first kappa shape index (κ1) is 8.47. The van der Waals surface area contributed by atoms with E-state index in [1.807, 2.05) is 13.0 Å². The van der Waals surface area contributed by atoms with Crippen LogP contribution in [0.15, 0.2) is 6.07 Å². The summed E-state index contributed by atoms with van der Waals surface area (Å²) in [7, 11) is 0. The lowest BCUT2D eigenvalue weighted by Crippen LogP contribution is -1.76. The van der Waals surface area contributed by atoms with Gasteiger partial charge in [-0.3, -0.25) is 4.79 Å². The van der Waals surface area contributed by atoms with Gasteiger partial charge in [0.05, 0.1) is 0 Å². The Morgan fingerprint density at radius 1 is 1.64 bits per heavy atom. The fraction of sp³-hybridized carbons (Fsp3) is 0.444. The largest absolute Gasteiger partial charge is 0.298 e. The van der Waals surface area contributed by atoms with E-state index in [4.69, 9.17) is 0 Å². The molecule has 0 aliphatic rings. The summed E-state index contributed by atoms with van der Waals surface area (Å²) in [6.07, 6.45) is 3.18. The Bertz CT molecular complexity index is 250.